The monoisotopic (exact) mass is 789 g/mol. The second-order valence-corrected chi connectivity index (χ2v) is 16.0. The summed E-state index contributed by atoms with van der Waals surface area (Å²) in [6, 6.07) is 18.2. The number of likely N-dealkylation sites (tertiary alicyclic amines) is 2. The first-order chi connectivity index (χ1) is 27.9. The van der Waals surface area contributed by atoms with Gasteiger partial charge in [-0.2, -0.15) is 0 Å². The Balaban J connectivity index is 1.07. The zero-order valence-corrected chi connectivity index (χ0v) is 33.8. The predicted molar refractivity (Wildman–Crippen MR) is 223 cm³/mol. The van der Waals surface area contributed by atoms with E-state index in [1.165, 1.54) is 14.2 Å². The van der Waals surface area contributed by atoms with Gasteiger partial charge in [0.1, 0.15) is 17.9 Å². The van der Waals surface area contributed by atoms with Crippen LogP contribution < -0.4 is 16.2 Å². The maximum Gasteiger partial charge on any atom is 0.407 e. The molecule has 0 bridgehead atoms. The van der Waals surface area contributed by atoms with E-state index in [-0.39, 0.29) is 41.3 Å². The van der Waals surface area contributed by atoms with Gasteiger partial charge in [0.25, 0.3) is 5.56 Å². The number of alkyl carbamates (subject to hydrolysis) is 2. The van der Waals surface area contributed by atoms with Crippen molar-refractivity contribution in [2.45, 2.75) is 77.5 Å². The zero-order valence-electron chi connectivity index (χ0n) is 33.8. The topological polar surface area (TPSA) is 175 Å². The van der Waals surface area contributed by atoms with Crippen molar-refractivity contribution in [2.75, 3.05) is 33.9 Å². The Morgan fingerprint density at radius 2 is 1.22 bits per heavy atom. The van der Waals surface area contributed by atoms with Crippen molar-refractivity contribution in [3.05, 3.63) is 82.3 Å². The van der Waals surface area contributed by atoms with Crippen LogP contribution in [0.1, 0.15) is 70.7 Å². The highest BCUT2D eigenvalue weighted by atomic mass is 16.5. The highest BCUT2D eigenvalue weighted by Gasteiger charge is 2.39. The Morgan fingerprint density at radius 1 is 0.707 bits per heavy atom. The second-order valence-electron chi connectivity index (χ2n) is 16.0. The van der Waals surface area contributed by atoms with E-state index >= 15 is 0 Å². The molecule has 4 atom stereocenters. The molecule has 4 heterocycles. The third kappa shape index (κ3) is 8.05. The summed E-state index contributed by atoms with van der Waals surface area (Å²) >= 11 is 0. The van der Waals surface area contributed by atoms with Gasteiger partial charge in [-0.05, 0) is 94.6 Å². The van der Waals surface area contributed by atoms with E-state index in [4.69, 9.17) is 19.5 Å². The molecule has 3 N–H and O–H groups in total. The number of nitrogens with zero attached hydrogens (tertiary/aromatic N) is 4. The zero-order chi connectivity index (χ0) is 41.2. The highest BCUT2D eigenvalue weighted by Crippen LogP contribution is 2.34. The van der Waals surface area contributed by atoms with Crippen LogP contribution in [0.4, 0.5) is 9.59 Å². The molecule has 3 aliphatic heterocycles. The minimum absolute atomic E-state index is 0.121. The lowest BCUT2D eigenvalue weighted by molar-refractivity contribution is -0.135. The lowest BCUT2D eigenvalue weighted by atomic mass is 9.97. The molecule has 1 aromatic heterocycles. The SMILES string of the molecule is COC(=O)N[C@H](C(=O)N1CCC[C@@H]1c1cc2ccc(-c3ccc4cc(C5=NC([C@@H]6CCCN6C(=O)[C@H](NC(=O)OC)C(C)C)=NC5)ccc4c3)cc2c(=O)[nH]1)C(C)C. The summed E-state index contributed by atoms with van der Waals surface area (Å²) in [5.41, 5.74) is 4.10. The number of pyridine rings is 1. The number of methoxy groups -OCH3 is 2. The molecule has 2 saturated heterocycles. The van der Waals surface area contributed by atoms with Crippen LogP contribution >= 0.6 is 0 Å². The molecule has 14 nitrogen and oxygen atoms in total. The molecule has 0 saturated carbocycles. The fourth-order valence-corrected chi connectivity index (χ4v) is 8.35. The number of aromatic amines is 1. The van der Waals surface area contributed by atoms with Crippen LogP contribution in [-0.2, 0) is 19.1 Å². The van der Waals surface area contributed by atoms with Gasteiger partial charge in [0, 0.05) is 24.2 Å². The largest absolute Gasteiger partial charge is 0.453 e. The van der Waals surface area contributed by atoms with Gasteiger partial charge in [-0.15, -0.1) is 0 Å². The van der Waals surface area contributed by atoms with Crippen molar-refractivity contribution in [3.63, 3.8) is 0 Å². The van der Waals surface area contributed by atoms with Crippen LogP contribution in [0.15, 0.2) is 75.4 Å². The molecule has 4 aromatic rings. The third-order valence-corrected chi connectivity index (χ3v) is 11.5. The van der Waals surface area contributed by atoms with Crippen LogP contribution in [0.5, 0.6) is 0 Å². The maximum absolute atomic E-state index is 13.6. The number of carbonyl (C=O) groups excluding carboxylic acids is 4. The predicted octanol–water partition coefficient (Wildman–Crippen LogP) is 5.97. The summed E-state index contributed by atoms with van der Waals surface area (Å²) in [7, 11) is 2.55. The summed E-state index contributed by atoms with van der Waals surface area (Å²) in [5.74, 6) is 0.00259. The molecule has 58 heavy (non-hydrogen) atoms. The molecule has 0 aliphatic carbocycles. The summed E-state index contributed by atoms with van der Waals surface area (Å²) in [6.45, 7) is 9.05. The number of rotatable bonds is 10. The first-order valence-corrected chi connectivity index (χ1v) is 20.0. The normalized spacial score (nSPS) is 19.0. The van der Waals surface area contributed by atoms with Crippen molar-refractivity contribution >= 4 is 57.1 Å². The summed E-state index contributed by atoms with van der Waals surface area (Å²) in [5, 5.41) is 8.76. The van der Waals surface area contributed by atoms with Crippen LogP contribution in [-0.4, -0.2) is 102 Å². The molecule has 3 aromatic carbocycles. The molecule has 3 aliphatic rings. The van der Waals surface area contributed by atoms with E-state index in [9.17, 15) is 24.0 Å². The minimum Gasteiger partial charge on any atom is -0.453 e. The van der Waals surface area contributed by atoms with Gasteiger partial charge in [-0.3, -0.25) is 19.4 Å². The van der Waals surface area contributed by atoms with Crippen LogP contribution in [0.3, 0.4) is 0 Å². The van der Waals surface area contributed by atoms with Gasteiger partial charge in [-0.1, -0.05) is 64.1 Å². The number of carbonyl (C=O) groups is 4. The fraction of sp³-hybridized carbons (Fsp3) is 0.432. The first-order valence-electron chi connectivity index (χ1n) is 20.0. The number of benzene rings is 3. The van der Waals surface area contributed by atoms with E-state index in [1.54, 1.807) is 9.80 Å². The molecular weight excluding hydrogens is 739 g/mol. The smallest absolute Gasteiger partial charge is 0.407 e. The molecular formula is C44H51N7O7. The van der Waals surface area contributed by atoms with Crippen molar-refractivity contribution in [3.8, 4) is 11.1 Å². The number of nitrogens with one attached hydrogen (secondary N) is 3. The van der Waals surface area contributed by atoms with Crippen LogP contribution in [0, 0.1) is 11.8 Å². The number of amidine groups is 1. The number of hydrogen-bond acceptors (Lipinski definition) is 9. The third-order valence-electron chi connectivity index (χ3n) is 11.5. The van der Waals surface area contributed by atoms with E-state index in [1.807, 2.05) is 64.1 Å². The molecule has 4 amide bonds. The average molecular weight is 790 g/mol. The Kier molecular flexibility index (Phi) is 11.6. The van der Waals surface area contributed by atoms with Gasteiger partial charge in [0.05, 0.1) is 38.6 Å². The standard InChI is InChI=1S/C44H51N7O7/c1-24(2)37(48-43(55)57-5)41(53)50-17-7-9-35(50)33-22-30-15-13-29(21-32(30)40(52)47-33)27-11-12-28-20-31(16-14-26(28)19-27)34-23-45-39(46-34)36-10-8-18-51(36)42(54)38(25(3)4)49-44(56)58-6/h11-16,19-22,24-25,35-38H,7-10,17-18,23H2,1-6H3,(H,47,52)(H,48,55)(H,49,56)/t35-,36+,37+,38-/m1/s1. The summed E-state index contributed by atoms with van der Waals surface area (Å²) in [4.78, 5) is 81.1. The second kappa shape index (κ2) is 16.8. The molecule has 0 spiro atoms. The van der Waals surface area contributed by atoms with Gasteiger partial charge in [-0.25, -0.2) is 14.6 Å². The van der Waals surface area contributed by atoms with Gasteiger partial charge in [0.15, 0.2) is 0 Å². The molecule has 14 heteroatoms. The number of aromatic nitrogens is 1. The van der Waals surface area contributed by atoms with E-state index in [0.29, 0.717) is 43.0 Å². The van der Waals surface area contributed by atoms with Crippen molar-refractivity contribution in [2.24, 2.45) is 21.8 Å². The van der Waals surface area contributed by atoms with Crippen molar-refractivity contribution in [1.29, 1.82) is 0 Å². The molecule has 7 rings (SSSR count). The van der Waals surface area contributed by atoms with Gasteiger partial charge < -0.3 is 34.9 Å². The van der Waals surface area contributed by atoms with E-state index in [0.717, 1.165) is 57.8 Å². The molecule has 0 radical (unpaired) electrons. The number of H-pyrrole nitrogens is 1. The molecule has 0 unspecified atom stereocenters. The highest BCUT2D eigenvalue weighted by molar-refractivity contribution is 6.15. The van der Waals surface area contributed by atoms with E-state index in [2.05, 4.69) is 39.9 Å². The van der Waals surface area contributed by atoms with Crippen molar-refractivity contribution < 1.29 is 28.7 Å². The van der Waals surface area contributed by atoms with Crippen molar-refractivity contribution in [1.82, 2.24) is 25.4 Å². The Bertz CT molecular complexity index is 2380. The lowest BCUT2D eigenvalue weighted by Crippen LogP contribution is -2.53. The van der Waals surface area contributed by atoms with Crippen LogP contribution in [0.2, 0.25) is 0 Å². The van der Waals surface area contributed by atoms with Gasteiger partial charge >= 0.3 is 12.2 Å². The lowest BCUT2D eigenvalue weighted by Gasteiger charge is -2.30. The summed E-state index contributed by atoms with van der Waals surface area (Å²) in [6.07, 6.45) is 1.77. The van der Waals surface area contributed by atoms with Crippen LogP contribution in [0.25, 0.3) is 32.7 Å². The minimum atomic E-state index is -0.746. The Morgan fingerprint density at radius 3 is 1.81 bits per heavy atom. The molecule has 2 fully saturated rings. The Hall–Kier alpha value is -6.05. The van der Waals surface area contributed by atoms with E-state index < -0.39 is 24.3 Å². The first kappa shape index (κ1) is 40.2. The average Bonchev–Trinajstić information content (AvgIpc) is 4.02. The van der Waals surface area contributed by atoms with Gasteiger partial charge in [0.2, 0.25) is 11.8 Å². The number of aliphatic imine (C=N–C) groups is 2. The molecule has 304 valence electrons. The summed E-state index contributed by atoms with van der Waals surface area (Å²) < 4.78 is 9.51. The Labute approximate surface area is 337 Å². The maximum atomic E-state index is 13.6. The quantitative estimate of drug-likeness (QED) is 0.178. The number of hydrogen-bond donors (Lipinski definition) is 3. The number of amides is 4. The number of fused-ring (bicyclic) bond motifs is 2. The fourth-order valence-electron chi connectivity index (χ4n) is 8.35. The number of ether oxygens (including phenoxy) is 2.